The van der Waals surface area contributed by atoms with E-state index in [4.69, 9.17) is 0 Å². The molecule has 0 fully saturated rings. The third kappa shape index (κ3) is 2.51. The first-order chi connectivity index (χ1) is 9.24. The average Bonchev–Trinajstić information content (AvgIpc) is 2.86. The highest BCUT2D eigenvalue weighted by Gasteiger charge is 2.30. The number of nitrogens with zero attached hydrogens (tertiary/aromatic N) is 5. The Kier molecular flexibility index (Phi) is 3.29. The molecule has 0 unspecified atom stereocenters. The fourth-order valence-corrected chi connectivity index (χ4v) is 2.69. The summed E-state index contributed by atoms with van der Waals surface area (Å²) < 4.78 is 1.94. The van der Waals surface area contributed by atoms with E-state index in [0.717, 1.165) is 25.5 Å². The van der Waals surface area contributed by atoms with Crippen LogP contribution >= 0.6 is 0 Å². The number of fused-ring (bicyclic) bond motifs is 1. The second-order valence-electron chi connectivity index (χ2n) is 5.48. The molecule has 2 aromatic rings. The van der Waals surface area contributed by atoms with E-state index in [2.05, 4.69) is 64.6 Å². The first-order valence-electron chi connectivity index (χ1n) is 6.77. The van der Waals surface area contributed by atoms with Gasteiger partial charge in [0.05, 0.1) is 13.1 Å². The van der Waals surface area contributed by atoms with Gasteiger partial charge in [0, 0.05) is 12.6 Å². The molecule has 0 amide bonds. The number of benzene rings is 1. The maximum Gasteiger partial charge on any atom is 0.165 e. The first-order valence-corrected chi connectivity index (χ1v) is 6.77. The van der Waals surface area contributed by atoms with Crippen molar-refractivity contribution >= 4 is 0 Å². The Morgan fingerprint density at radius 2 is 2.05 bits per heavy atom. The molecule has 3 rings (SSSR count). The molecular formula is C14H19N5. The van der Waals surface area contributed by atoms with E-state index in [1.165, 1.54) is 5.56 Å². The summed E-state index contributed by atoms with van der Waals surface area (Å²) in [6, 6.07) is 11.1. The Morgan fingerprint density at radius 1 is 1.26 bits per heavy atom. The van der Waals surface area contributed by atoms with Crippen LogP contribution in [0.15, 0.2) is 30.3 Å². The predicted octanol–water partition coefficient (Wildman–Crippen LogP) is 1.71. The zero-order valence-electron chi connectivity index (χ0n) is 11.4. The lowest BCUT2D eigenvalue weighted by atomic mass is 10.00. The van der Waals surface area contributed by atoms with E-state index in [0.29, 0.717) is 12.0 Å². The lowest BCUT2D eigenvalue weighted by Gasteiger charge is -2.37. The van der Waals surface area contributed by atoms with Gasteiger partial charge in [-0.15, -0.1) is 5.10 Å². The van der Waals surface area contributed by atoms with Crippen LogP contribution in [-0.4, -0.2) is 31.1 Å². The fraction of sp³-hybridized carbons (Fsp3) is 0.500. The van der Waals surface area contributed by atoms with Gasteiger partial charge < -0.3 is 0 Å². The van der Waals surface area contributed by atoms with Gasteiger partial charge in [-0.05, 0) is 21.9 Å². The monoisotopic (exact) mass is 257 g/mol. The second-order valence-corrected chi connectivity index (χ2v) is 5.48. The van der Waals surface area contributed by atoms with E-state index in [1.807, 2.05) is 4.68 Å². The third-order valence-corrected chi connectivity index (χ3v) is 3.78. The van der Waals surface area contributed by atoms with Crippen molar-refractivity contribution in [2.24, 2.45) is 5.92 Å². The molecule has 2 heterocycles. The van der Waals surface area contributed by atoms with E-state index in [1.54, 1.807) is 0 Å². The average molecular weight is 257 g/mol. The van der Waals surface area contributed by atoms with Crippen molar-refractivity contribution in [2.45, 2.75) is 39.5 Å². The Labute approximate surface area is 113 Å². The summed E-state index contributed by atoms with van der Waals surface area (Å²) in [6.07, 6.45) is 0. The molecule has 1 aliphatic rings. The molecule has 0 aliphatic carbocycles. The van der Waals surface area contributed by atoms with E-state index < -0.39 is 0 Å². The third-order valence-electron chi connectivity index (χ3n) is 3.78. The quantitative estimate of drug-likeness (QED) is 0.840. The van der Waals surface area contributed by atoms with Crippen LogP contribution in [0.25, 0.3) is 0 Å². The van der Waals surface area contributed by atoms with Gasteiger partial charge in [0.25, 0.3) is 0 Å². The predicted molar refractivity (Wildman–Crippen MR) is 72.1 cm³/mol. The van der Waals surface area contributed by atoms with Crippen molar-refractivity contribution in [1.29, 1.82) is 0 Å². The molecular weight excluding hydrogens is 238 g/mol. The molecule has 0 spiro atoms. The van der Waals surface area contributed by atoms with Crippen LogP contribution in [-0.2, 0) is 19.6 Å². The van der Waals surface area contributed by atoms with Gasteiger partial charge in [-0.25, -0.2) is 4.68 Å². The molecule has 0 radical (unpaired) electrons. The molecule has 1 aliphatic heterocycles. The SMILES string of the molecule is CC(C)[C@H]1Cn2nnnc2CN1Cc1ccccc1. The smallest absolute Gasteiger partial charge is 0.165 e. The number of tetrazole rings is 1. The molecule has 0 bridgehead atoms. The van der Waals surface area contributed by atoms with Crippen LogP contribution in [0.4, 0.5) is 0 Å². The summed E-state index contributed by atoms with van der Waals surface area (Å²) in [5.41, 5.74) is 1.34. The molecule has 0 N–H and O–H groups in total. The van der Waals surface area contributed by atoms with Gasteiger partial charge in [-0.2, -0.15) is 0 Å². The zero-order chi connectivity index (χ0) is 13.2. The van der Waals surface area contributed by atoms with Gasteiger partial charge in [0.2, 0.25) is 0 Å². The minimum Gasteiger partial charge on any atom is -0.287 e. The largest absolute Gasteiger partial charge is 0.287 e. The summed E-state index contributed by atoms with van der Waals surface area (Å²) in [4.78, 5) is 2.48. The Balaban J connectivity index is 1.82. The van der Waals surface area contributed by atoms with Gasteiger partial charge >= 0.3 is 0 Å². The normalized spacial score (nSPS) is 19.6. The lowest BCUT2D eigenvalue weighted by Crippen LogP contribution is -2.45. The number of rotatable bonds is 3. The van der Waals surface area contributed by atoms with E-state index >= 15 is 0 Å². The summed E-state index contributed by atoms with van der Waals surface area (Å²) in [5.74, 6) is 1.55. The summed E-state index contributed by atoms with van der Waals surface area (Å²) in [7, 11) is 0. The zero-order valence-corrected chi connectivity index (χ0v) is 11.4. The first kappa shape index (κ1) is 12.3. The van der Waals surface area contributed by atoms with Gasteiger partial charge in [-0.1, -0.05) is 44.2 Å². The number of aromatic nitrogens is 4. The fourth-order valence-electron chi connectivity index (χ4n) is 2.69. The maximum atomic E-state index is 4.10. The van der Waals surface area contributed by atoms with Gasteiger partial charge in [0.1, 0.15) is 0 Å². The topological polar surface area (TPSA) is 46.8 Å². The van der Waals surface area contributed by atoms with Crippen molar-refractivity contribution in [3.05, 3.63) is 41.7 Å². The number of hydrogen-bond acceptors (Lipinski definition) is 4. The van der Waals surface area contributed by atoms with Crippen LogP contribution < -0.4 is 0 Å². The summed E-state index contributed by atoms with van der Waals surface area (Å²) in [6.45, 7) is 7.18. The standard InChI is InChI=1S/C14H19N5/c1-11(2)13-9-19-14(15-16-17-19)10-18(13)8-12-6-4-3-5-7-12/h3-7,11,13H,8-10H2,1-2H3/t13-/m1/s1. The van der Waals surface area contributed by atoms with Crippen molar-refractivity contribution in [3.8, 4) is 0 Å². The highest BCUT2D eigenvalue weighted by molar-refractivity contribution is 5.15. The van der Waals surface area contributed by atoms with Crippen LogP contribution in [0.3, 0.4) is 0 Å². The van der Waals surface area contributed by atoms with Crippen LogP contribution in [0.5, 0.6) is 0 Å². The molecule has 1 atom stereocenters. The van der Waals surface area contributed by atoms with Crippen LogP contribution in [0.2, 0.25) is 0 Å². The maximum absolute atomic E-state index is 4.10. The molecule has 100 valence electrons. The molecule has 5 nitrogen and oxygen atoms in total. The highest BCUT2D eigenvalue weighted by atomic mass is 15.6. The van der Waals surface area contributed by atoms with Crippen molar-refractivity contribution in [2.75, 3.05) is 0 Å². The molecule has 5 heteroatoms. The summed E-state index contributed by atoms with van der Waals surface area (Å²) in [5, 5.41) is 11.9. The Bertz CT molecular complexity index is 534. The molecule has 1 aromatic carbocycles. The van der Waals surface area contributed by atoms with Crippen molar-refractivity contribution in [1.82, 2.24) is 25.1 Å². The minimum absolute atomic E-state index is 0.483. The van der Waals surface area contributed by atoms with E-state index in [-0.39, 0.29) is 0 Å². The van der Waals surface area contributed by atoms with E-state index in [9.17, 15) is 0 Å². The second kappa shape index (κ2) is 5.09. The van der Waals surface area contributed by atoms with Gasteiger partial charge in [0.15, 0.2) is 5.82 Å². The molecule has 0 saturated carbocycles. The lowest BCUT2D eigenvalue weighted by molar-refractivity contribution is 0.0879. The minimum atomic E-state index is 0.483. The molecule has 19 heavy (non-hydrogen) atoms. The molecule has 0 saturated heterocycles. The molecule has 1 aromatic heterocycles. The Hall–Kier alpha value is -1.75. The Morgan fingerprint density at radius 3 is 2.79 bits per heavy atom. The van der Waals surface area contributed by atoms with Crippen molar-refractivity contribution < 1.29 is 0 Å². The van der Waals surface area contributed by atoms with Crippen molar-refractivity contribution in [3.63, 3.8) is 0 Å². The van der Waals surface area contributed by atoms with Crippen LogP contribution in [0.1, 0.15) is 25.2 Å². The number of hydrogen-bond donors (Lipinski definition) is 0. The van der Waals surface area contributed by atoms with Crippen LogP contribution in [0, 0.1) is 5.92 Å². The summed E-state index contributed by atoms with van der Waals surface area (Å²) >= 11 is 0. The highest BCUT2D eigenvalue weighted by Crippen LogP contribution is 2.22. The van der Waals surface area contributed by atoms with Gasteiger partial charge in [-0.3, -0.25) is 4.90 Å².